The third-order valence-corrected chi connectivity index (χ3v) is 3.33. The average Bonchev–Trinajstić information content (AvgIpc) is 2.66. The van der Waals surface area contributed by atoms with Gasteiger partial charge in [-0.15, -0.1) is 0 Å². The van der Waals surface area contributed by atoms with Crippen molar-refractivity contribution in [2.24, 2.45) is 5.73 Å². The first kappa shape index (κ1) is 10.7. The van der Waals surface area contributed by atoms with Crippen molar-refractivity contribution in [2.45, 2.75) is 44.2 Å². The summed E-state index contributed by atoms with van der Waals surface area (Å²) in [5, 5.41) is 10.2. The standard InChI is InChI=1S/C13H19NO/c14-10-12-5-3-11(4-6-12)9-13(15)7-1-2-8-13/h3-6,15H,1-2,7-10,14H2. The van der Waals surface area contributed by atoms with Gasteiger partial charge in [-0.2, -0.15) is 0 Å². The fraction of sp³-hybridized carbons (Fsp3) is 0.538. The third-order valence-electron chi connectivity index (χ3n) is 3.33. The Kier molecular flexibility index (Phi) is 3.08. The first-order valence-corrected chi connectivity index (χ1v) is 5.72. The van der Waals surface area contributed by atoms with Crippen LogP contribution in [0.5, 0.6) is 0 Å². The van der Waals surface area contributed by atoms with Gasteiger partial charge >= 0.3 is 0 Å². The number of nitrogens with two attached hydrogens (primary N) is 1. The molecule has 0 saturated heterocycles. The normalized spacial score (nSPS) is 19.3. The Labute approximate surface area is 91.1 Å². The second-order valence-corrected chi connectivity index (χ2v) is 4.63. The molecule has 1 aliphatic carbocycles. The molecule has 1 saturated carbocycles. The quantitative estimate of drug-likeness (QED) is 0.792. The molecule has 0 aromatic heterocycles. The van der Waals surface area contributed by atoms with E-state index >= 15 is 0 Å². The van der Waals surface area contributed by atoms with Gasteiger partial charge in [0.15, 0.2) is 0 Å². The highest BCUT2D eigenvalue weighted by molar-refractivity contribution is 5.23. The maximum Gasteiger partial charge on any atom is 0.0688 e. The minimum absolute atomic E-state index is 0.440. The molecule has 1 fully saturated rings. The maximum atomic E-state index is 10.2. The predicted octanol–water partition coefficient (Wildman–Crippen LogP) is 1.99. The van der Waals surface area contributed by atoms with E-state index in [-0.39, 0.29) is 0 Å². The topological polar surface area (TPSA) is 46.2 Å². The Morgan fingerprint density at radius 1 is 1.07 bits per heavy atom. The lowest BCUT2D eigenvalue weighted by atomic mass is 9.93. The Morgan fingerprint density at radius 2 is 1.60 bits per heavy atom. The molecule has 0 atom stereocenters. The summed E-state index contributed by atoms with van der Waals surface area (Å²) in [4.78, 5) is 0. The fourth-order valence-electron chi connectivity index (χ4n) is 2.38. The SMILES string of the molecule is NCc1ccc(CC2(O)CCCC2)cc1. The summed E-state index contributed by atoms with van der Waals surface area (Å²) in [6.45, 7) is 0.588. The predicted molar refractivity (Wildman–Crippen MR) is 61.5 cm³/mol. The molecule has 2 heteroatoms. The maximum absolute atomic E-state index is 10.2. The van der Waals surface area contributed by atoms with Gasteiger partial charge in [0.2, 0.25) is 0 Å². The zero-order chi connectivity index (χ0) is 10.7. The number of aliphatic hydroxyl groups is 1. The summed E-state index contributed by atoms with van der Waals surface area (Å²) < 4.78 is 0. The Hall–Kier alpha value is -0.860. The van der Waals surface area contributed by atoms with Crippen molar-refractivity contribution >= 4 is 0 Å². The molecule has 2 rings (SSSR count). The van der Waals surface area contributed by atoms with E-state index in [0.717, 1.165) is 37.7 Å². The highest BCUT2D eigenvalue weighted by Crippen LogP contribution is 2.32. The lowest BCUT2D eigenvalue weighted by Gasteiger charge is -2.22. The smallest absolute Gasteiger partial charge is 0.0688 e. The molecule has 15 heavy (non-hydrogen) atoms. The van der Waals surface area contributed by atoms with Gasteiger partial charge in [-0.1, -0.05) is 37.1 Å². The van der Waals surface area contributed by atoms with Crippen molar-refractivity contribution in [2.75, 3.05) is 0 Å². The number of rotatable bonds is 3. The van der Waals surface area contributed by atoms with Crippen molar-refractivity contribution in [3.63, 3.8) is 0 Å². The van der Waals surface area contributed by atoms with Crippen molar-refractivity contribution in [3.8, 4) is 0 Å². The molecule has 2 nitrogen and oxygen atoms in total. The molecule has 0 aliphatic heterocycles. The van der Waals surface area contributed by atoms with Crippen LogP contribution < -0.4 is 5.73 Å². The molecule has 1 aromatic carbocycles. The van der Waals surface area contributed by atoms with Crippen LogP contribution >= 0.6 is 0 Å². The van der Waals surface area contributed by atoms with Crippen LogP contribution in [0.25, 0.3) is 0 Å². The average molecular weight is 205 g/mol. The Morgan fingerprint density at radius 3 is 2.13 bits per heavy atom. The molecule has 3 N–H and O–H groups in total. The molecule has 0 unspecified atom stereocenters. The van der Waals surface area contributed by atoms with Gasteiger partial charge in [0.1, 0.15) is 0 Å². The van der Waals surface area contributed by atoms with E-state index in [1.54, 1.807) is 0 Å². The van der Waals surface area contributed by atoms with Crippen LogP contribution in [-0.4, -0.2) is 10.7 Å². The highest BCUT2D eigenvalue weighted by atomic mass is 16.3. The van der Waals surface area contributed by atoms with Crippen LogP contribution in [-0.2, 0) is 13.0 Å². The summed E-state index contributed by atoms with van der Waals surface area (Å²) in [7, 11) is 0. The van der Waals surface area contributed by atoms with Crippen molar-refractivity contribution in [1.82, 2.24) is 0 Å². The third kappa shape index (κ3) is 2.58. The van der Waals surface area contributed by atoms with Crippen LogP contribution in [0.15, 0.2) is 24.3 Å². The lowest BCUT2D eigenvalue weighted by molar-refractivity contribution is 0.0482. The molecule has 0 amide bonds. The van der Waals surface area contributed by atoms with Gasteiger partial charge in [0.25, 0.3) is 0 Å². The minimum Gasteiger partial charge on any atom is -0.390 e. The van der Waals surface area contributed by atoms with Gasteiger partial charge < -0.3 is 10.8 Å². The van der Waals surface area contributed by atoms with Gasteiger partial charge in [0, 0.05) is 13.0 Å². The van der Waals surface area contributed by atoms with Gasteiger partial charge in [-0.05, 0) is 24.0 Å². The van der Waals surface area contributed by atoms with E-state index in [4.69, 9.17) is 5.73 Å². The second kappa shape index (κ2) is 4.33. The van der Waals surface area contributed by atoms with Crippen LogP contribution in [0.1, 0.15) is 36.8 Å². The van der Waals surface area contributed by atoms with Crippen LogP contribution in [0.3, 0.4) is 0 Å². The Balaban J connectivity index is 2.04. The second-order valence-electron chi connectivity index (χ2n) is 4.63. The number of hydrogen-bond donors (Lipinski definition) is 2. The molecule has 1 aromatic rings. The van der Waals surface area contributed by atoms with E-state index in [1.807, 2.05) is 12.1 Å². The summed E-state index contributed by atoms with van der Waals surface area (Å²) in [5.41, 5.74) is 7.47. The number of benzene rings is 1. The van der Waals surface area contributed by atoms with E-state index in [9.17, 15) is 5.11 Å². The molecule has 0 bridgehead atoms. The van der Waals surface area contributed by atoms with Crippen molar-refractivity contribution in [3.05, 3.63) is 35.4 Å². The molecule has 0 heterocycles. The van der Waals surface area contributed by atoms with Gasteiger partial charge in [0.05, 0.1) is 5.60 Å². The molecule has 1 aliphatic rings. The summed E-state index contributed by atoms with van der Waals surface area (Å²) in [6.07, 6.45) is 5.02. The van der Waals surface area contributed by atoms with Crippen molar-refractivity contribution < 1.29 is 5.11 Å². The van der Waals surface area contributed by atoms with Crippen molar-refractivity contribution in [1.29, 1.82) is 0 Å². The zero-order valence-electron chi connectivity index (χ0n) is 9.08. The van der Waals surface area contributed by atoms with Crippen LogP contribution in [0.2, 0.25) is 0 Å². The van der Waals surface area contributed by atoms with E-state index < -0.39 is 5.60 Å². The fourth-order valence-corrected chi connectivity index (χ4v) is 2.38. The summed E-state index contributed by atoms with van der Waals surface area (Å²) in [6, 6.07) is 8.26. The summed E-state index contributed by atoms with van der Waals surface area (Å²) in [5.74, 6) is 0. The number of hydrogen-bond acceptors (Lipinski definition) is 2. The van der Waals surface area contributed by atoms with E-state index in [1.165, 1.54) is 5.56 Å². The highest BCUT2D eigenvalue weighted by Gasteiger charge is 2.30. The monoisotopic (exact) mass is 205 g/mol. The van der Waals surface area contributed by atoms with Gasteiger partial charge in [-0.3, -0.25) is 0 Å². The molecular weight excluding hydrogens is 186 g/mol. The van der Waals surface area contributed by atoms with Crippen LogP contribution in [0, 0.1) is 0 Å². The summed E-state index contributed by atoms with van der Waals surface area (Å²) >= 11 is 0. The van der Waals surface area contributed by atoms with Gasteiger partial charge in [-0.25, -0.2) is 0 Å². The van der Waals surface area contributed by atoms with Crippen LogP contribution in [0.4, 0.5) is 0 Å². The largest absolute Gasteiger partial charge is 0.390 e. The first-order valence-electron chi connectivity index (χ1n) is 5.72. The molecule has 0 radical (unpaired) electrons. The minimum atomic E-state index is -0.440. The first-order chi connectivity index (χ1) is 7.22. The Bertz CT molecular complexity index is 312. The van der Waals surface area contributed by atoms with E-state index in [0.29, 0.717) is 6.54 Å². The molecule has 82 valence electrons. The molecule has 0 spiro atoms. The zero-order valence-corrected chi connectivity index (χ0v) is 9.08. The molecular formula is C13H19NO. The lowest BCUT2D eigenvalue weighted by Crippen LogP contribution is -2.26. The van der Waals surface area contributed by atoms with E-state index in [2.05, 4.69) is 12.1 Å².